The van der Waals surface area contributed by atoms with Gasteiger partial charge in [-0.3, -0.25) is 5.10 Å². The number of nitrogens with two attached hydrogens (primary N) is 1. The Morgan fingerprint density at radius 1 is 1.19 bits per heavy atom. The van der Waals surface area contributed by atoms with Crippen molar-refractivity contribution in [2.75, 3.05) is 12.3 Å². The van der Waals surface area contributed by atoms with Crippen LogP contribution in [-0.2, 0) is 12.8 Å². The van der Waals surface area contributed by atoms with Crippen molar-refractivity contribution in [2.24, 2.45) is 0 Å². The molecule has 0 radical (unpaired) electrons. The quantitative estimate of drug-likeness (QED) is 0.727. The number of H-pyrrole nitrogens is 1. The number of ether oxygens (including phenoxy) is 1. The molecular weight excluding hydrogens is 286 g/mol. The molecule has 3 N–H and O–H groups in total. The Morgan fingerprint density at radius 2 is 2.05 bits per heavy atom. The number of anilines is 1. The fourth-order valence-corrected chi connectivity index (χ4v) is 2.44. The first-order valence-corrected chi connectivity index (χ1v) is 7.45. The van der Waals surface area contributed by atoms with Crippen LogP contribution in [0.1, 0.15) is 17.3 Å². The minimum Gasteiger partial charge on any atom is -0.493 e. The molecule has 3 aromatic rings. The zero-order valence-electron chi connectivity index (χ0n) is 11.3. The number of nitrogens with one attached hydrogen (secondary N) is 1. The van der Waals surface area contributed by atoms with Gasteiger partial charge in [0.2, 0.25) is 0 Å². The number of aromatic nitrogens is 4. The zero-order valence-corrected chi connectivity index (χ0v) is 12.1. The summed E-state index contributed by atoms with van der Waals surface area (Å²) >= 11 is 1.43. The highest BCUT2D eigenvalue weighted by Crippen LogP contribution is 2.13. The second-order valence-corrected chi connectivity index (χ2v) is 5.35. The van der Waals surface area contributed by atoms with Gasteiger partial charge in [0.15, 0.2) is 11.0 Å². The van der Waals surface area contributed by atoms with Crippen molar-refractivity contribution in [3.8, 4) is 5.75 Å². The molecule has 3 rings (SSSR count). The summed E-state index contributed by atoms with van der Waals surface area (Å²) in [5.74, 6) is 2.38. The lowest BCUT2D eigenvalue weighted by Gasteiger charge is -2.03. The number of para-hydroxylation sites is 1. The molecular formula is C14H15N5OS. The summed E-state index contributed by atoms with van der Waals surface area (Å²) in [7, 11) is 0. The van der Waals surface area contributed by atoms with Gasteiger partial charge in [0.05, 0.1) is 18.7 Å². The van der Waals surface area contributed by atoms with Crippen molar-refractivity contribution in [3.05, 3.63) is 53.1 Å². The highest BCUT2D eigenvalue weighted by atomic mass is 32.1. The summed E-state index contributed by atoms with van der Waals surface area (Å²) in [6.45, 7) is 0.547. The van der Waals surface area contributed by atoms with Gasteiger partial charge in [-0.05, 0) is 12.1 Å². The monoisotopic (exact) mass is 301 g/mol. The molecule has 108 valence electrons. The number of hydrogen-bond acceptors (Lipinski definition) is 6. The molecule has 0 fully saturated rings. The van der Waals surface area contributed by atoms with Crippen LogP contribution in [0.3, 0.4) is 0 Å². The van der Waals surface area contributed by atoms with Gasteiger partial charge in [-0.15, -0.1) is 11.3 Å². The van der Waals surface area contributed by atoms with Crippen molar-refractivity contribution < 1.29 is 4.74 Å². The van der Waals surface area contributed by atoms with Gasteiger partial charge in [0.25, 0.3) is 0 Å². The van der Waals surface area contributed by atoms with Crippen LogP contribution < -0.4 is 10.5 Å². The molecule has 0 atom stereocenters. The number of aromatic amines is 1. The van der Waals surface area contributed by atoms with Gasteiger partial charge in [-0.25, -0.2) is 9.97 Å². The molecule has 7 heteroatoms. The number of benzene rings is 1. The largest absolute Gasteiger partial charge is 0.493 e. The summed E-state index contributed by atoms with van der Waals surface area (Å²) in [4.78, 5) is 8.62. The van der Waals surface area contributed by atoms with Gasteiger partial charge in [0.1, 0.15) is 11.6 Å². The van der Waals surface area contributed by atoms with Crippen molar-refractivity contribution in [2.45, 2.75) is 12.8 Å². The fourth-order valence-electron chi connectivity index (χ4n) is 1.88. The van der Waals surface area contributed by atoms with Gasteiger partial charge in [0, 0.05) is 11.8 Å². The maximum atomic E-state index is 5.62. The number of rotatable bonds is 6. The van der Waals surface area contributed by atoms with E-state index in [4.69, 9.17) is 10.5 Å². The third kappa shape index (κ3) is 3.79. The Morgan fingerprint density at radius 3 is 2.81 bits per heavy atom. The molecule has 0 spiro atoms. The van der Waals surface area contributed by atoms with E-state index in [1.54, 1.807) is 0 Å². The van der Waals surface area contributed by atoms with E-state index < -0.39 is 0 Å². The SMILES string of the molecule is Nc1nc(Cc2nc(CCOc3ccccc3)n[nH]2)cs1. The first kappa shape index (κ1) is 13.6. The van der Waals surface area contributed by atoms with Gasteiger partial charge >= 0.3 is 0 Å². The fraction of sp³-hybridized carbons (Fsp3) is 0.214. The lowest BCUT2D eigenvalue weighted by Crippen LogP contribution is -2.02. The molecule has 2 aromatic heterocycles. The van der Waals surface area contributed by atoms with E-state index in [1.165, 1.54) is 11.3 Å². The Labute approximate surface area is 126 Å². The molecule has 0 saturated carbocycles. The maximum Gasteiger partial charge on any atom is 0.180 e. The van der Waals surface area contributed by atoms with E-state index in [1.807, 2.05) is 35.7 Å². The first-order chi connectivity index (χ1) is 10.3. The lowest BCUT2D eigenvalue weighted by atomic mass is 10.3. The normalized spacial score (nSPS) is 10.7. The average molecular weight is 301 g/mol. The summed E-state index contributed by atoms with van der Waals surface area (Å²) in [5.41, 5.74) is 6.51. The minimum absolute atomic E-state index is 0.547. The van der Waals surface area contributed by atoms with Crippen molar-refractivity contribution in [1.82, 2.24) is 20.2 Å². The molecule has 0 aliphatic rings. The molecule has 0 unspecified atom stereocenters. The smallest absolute Gasteiger partial charge is 0.180 e. The number of hydrogen-bond donors (Lipinski definition) is 2. The van der Waals surface area contributed by atoms with Crippen molar-refractivity contribution in [1.29, 1.82) is 0 Å². The van der Waals surface area contributed by atoms with Gasteiger partial charge in [-0.1, -0.05) is 18.2 Å². The highest BCUT2D eigenvalue weighted by Gasteiger charge is 2.07. The van der Waals surface area contributed by atoms with E-state index in [-0.39, 0.29) is 0 Å². The summed E-state index contributed by atoms with van der Waals surface area (Å²) < 4.78 is 5.62. The van der Waals surface area contributed by atoms with Gasteiger partial charge in [-0.2, -0.15) is 5.10 Å². The Hall–Kier alpha value is -2.41. The Balaban J connectivity index is 1.51. The van der Waals surface area contributed by atoms with Crippen LogP contribution in [0.15, 0.2) is 35.7 Å². The molecule has 0 amide bonds. The maximum absolute atomic E-state index is 5.62. The molecule has 0 aliphatic carbocycles. The van der Waals surface area contributed by atoms with E-state index >= 15 is 0 Å². The molecule has 21 heavy (non-hydrogen) atoms. The predicted molar refractivity (Wildman–Crippen MR) is 81.4 cm³/mol. The molecule has 2 heterocycles. The average Bonchev–Trinajstić information content (AvgIpc) is 3.10. The Bertz CT molecular complexity index is 694. The topological polar surface area (TPSA) is 89.7 Å². The number of nitrogen functional groups attached to an aromatic ring is 1. The lowest BCUT2D eigenvalue weighted by molar-refractivity contribution is 0.319. The summed E-state index contributed by atoms with van der Waals surface area (Å²) in [6.07, 6.45) is 1.27. The molecule has 0 bridgehead atoms. The van der Waals surface area contributed by atoms with Crippen LogP contribution >= 0.6 is 11.3 Å². The van der Waals surface area contributed by atoms with Crippen LogP contribution in [0.2, 0.25) is 0 Å². The number of thiazole rings is 1. The molecule has 0 aliphatic heterocycles. The Kier molecular flexibility index (Phi) is 4.11. The third-order valence-corrected chi connectivity index (χ3v) is 3.56. The molecule has 6 nitrogen and oxygen atoms in total. The second-order valence-electron chi connectivity index (χ2n) is 4.46. The predicted octanol–water partition coefficient (Wildman–Crippen LogP) is 2.06. The number of nitrogens with zero attached hydrogens (tertiary/aromatic N) is 3. The van der Waals surface area contributed by atoms with Crippen molar-refractivity contribution in [3.63, 3.8) is 0 Å². The third-order valence-electron chi connectivity index (χ3n) is 2.83. The zero-order chi connectivity index (χ0) is 14.5. The van der Waals surface area contributed by atoms with E-state index in [2.05, 4.69) is 20.2 Å². The van der Waals surface area contributed by atoms with Crippen molar-refractivity contribution >= 4 is 16.5 Å². The van der Waals surface area contributed by atoms with E-state index in [0.29, 0.717) is 24.6 Å². The molecule has 1 aromatic carbocycles. The summed E-state index contributed by atoms with van der Waals surface area (Å²) in [5, 5.41) is 9.59. The summed E-state index contributed by atoms with van der Waals surface area (Å²) in [6, 6.07) is 9.70. The minimum atomic E-state index is 0.547. The van der Waals surface area contributed by atoms with E-state index in [9.17, 15) is 0 Å². The van der Waals surface area contributed by atoms with Crippen LogP contribution in [0.25, 0.3) is 0 Å². The second kappa shape index (κ2) is 6.36. The highest BCUT2D eigenvalue weighted by molar-refractivity contribution is 7.13. The van der Waals surface area contributed by atoms with Crippen LogP contribution in [-0.4, -0.2) is 26.8 Å². The van der Waals surface area contributed by atoms with Crippen LogP contribution in [0.4, 0.5) is 5.13 Å². The van der Waals surface area contributed by atoms with Crippen LogP contribution in [0.5, 0.6) is 5.75 Å². The van der Waals surface area contributed by atoms with Crippen LogP contribution in [0, 0.1) is 0 Å². The molecule has 0 saturated heterocycles. The van der Waals surface area contributed by atoms with Gasteiger partial charge < -0.3 is 10.5 Å². The van der Waals surface area contributed by atoms with E-state index in [0.717, 1.165) is 23.1 Å². The first-order valence-electron chi connectivity index (χ1n) is 6.57. The standard InChI is InChI=1S/C14H15N5OS/c15-14-16-10(9-21-14)8-13-17-12(18-19-13)6-7-20-11-4-2-1-3-5-11/h1-5,9H,6-8H2,(H2,15,16)(H,17,18,19).